The van der Waals surface area contributed by atoms with Crippen LogP contribution in [0.5, 0.6) is 0 Å². The normalized spacial score (nSPS) is 9.92. The van der Waals surface area contributed by atoms with Gasteiger partial charge in [-0.25, -0.2) is 0 Å². The van der Waals surface area contributed by atoms with Gasteiger partial charge in [0.25, 0.3) is 0 Å². The lowest BCUT2D eigenvalue weighted by atomic mass is 10.2. The van der Waals surface area contributed by atoms with Gasteiger partial charge in [-0.05, 0) is 30.7 Å². The van der Waals surface area contributed by atoms with Crippen LogP contribution in [0, 0.1) is 0 Å². The Bertz CT molecular complexity index is 263. The summed E-state index contributed by atoms with van der Waals surface area (Å²) in [4.78, 5) is 0. The second-order valence-corrected chi connectivity index (χ2v) is 2.97. The van der Waals surface area contributed by atoms with E-state index in [0.717, 1.165) is 17.8 Å². The van der Waals surface area contributed by atoms with E-state index in [1.165, 1.54) is 0 Å². The molecule has 2 nitrogen and oxygen atoms in total. The number of aliphatic hydroxyl groups is 1. The highest BCUT2D eigenvalue weighted by Crippen LogP contribution is 2.18. The molecular formula is C9H12ClNO. The fourth-order valence-corrected chi connectivity index (χ4v) is 1.31. The number of aliphatic hydroxyl groups excluding tert-OH is 1. The van der Waals surface area contributed by atoms with Gasteiger partial charge in [0.2, 0.25) is 0 Å². The molecular weight excluding hydrogens is 174 g/mol. The van der Waals surface area contributed by atoms with Gasteiger partial charge in [-0.3, -0.25) is 0 Å². The van der Waals surface area contributed by atoms with Crippen molar-refractivity contribution >= 4 is 17.3 Å². The standard InChI is InChI=1S/C9H12ClNO/c1-2-11-9-4-7(6-12)3-8(10)5-9/h3-5,11-12H,2,6H2,1H3. The van der Waals surface area contributed by atoms with E-state index >= 15 is 0 Å². The maximum absolute atomic E-state index is 8.87. The molecule has 0 atom stereocenters. The average molecular weight is 186 g/mol. The maximum Gasteiger partial charge on any atom is 0.0683 e. The van der Waals surface area contributed by atoms with Crippen molar-refractivity contribution in [2.24, 2.45) is 0 Å². The Hall–Kier alpha value is -0.730. The lowest BCUT2D eigenvalue weighted by Gasteiger charge is -2.05. The van der Waals surface area contributed by atoms with Crippen molar-refractivity contribution < 1.29 is 5.11 Å². The maximum atomic E-state index is 8.87. The molecule has 0 radical (unpaired) electrons. The summed E-state index contributed by atoms with van der Waals surface area (Å²) in [5.74, 6) is 0. The summed E-state index contributed by atoms with van der Waals surface area (Å²) in [6.45, 7) is 2.89. The number of nitrogens with one attached hydrogen (secondary N) is 1. The lowest BCUT2D eigenvalue weighted by Crippen LogP contribution is -1.97. The molecule has 0 aromatic heterocycles. The number of anilines is 1. The molecule has 3 heteroatoms. The summed E-state index contributed by atoms with van der Waals surface area (Å²) in [7, 11) is 0. The van der Waals surface area contributed by atoms with Crippen LogP contribution in [0.1, 0.15) is 12.5 Å². The highest BCUT2D eigenvalue weighted by molar-refractivity contribution is 6.30. The van der Waals surface area contributed by atoms with E-state index in [2.05, 4.69) is 5.32 Å². The molecule has 0 unspecified atom stereocenters. The van der Waals surface area contributed by atoms with Crippen molar-refractivity contribution in [1.29, 1.82) is 0 Å². The molecule has 0 saturated heterocycles. The van der Waals surface area contributed by atoms with Crippen LogP contribution in [-0.2, 0) is 6.61 Å². The second kappa shape index (κ2) is 4.33. The van der Waals surface area contributed by atoms with Gasteiger partial charge in [-0.2, -0.15) is 0 Å². The molecule has 0 spiro atoms. The van der Waals surface area contributed by atoms with Crippen molar-refractivity contribution in [1.82, 2.24) is 0 Å². The van der Waals surface area contributed by atoms with Crippen LogP contribution in [0.15, 0.2) is 18.2 Å². The van der Waals surface area contributed by atoms with Crippen molar-refractivity contribution in [2.75, 3.05) is 11.9 Å². The predicted molar refractivity (Wildman–Crippen MR) is 51.5 cm³/mol. The van der Waals surface area contributed by atoms with E-state index in [1.54, 1.807) is 6.07 Å². The Balaban J connectivity index is 2.90. The summed E-state index contributed by atoms with van der Waals surface area (Å²) < 4.78 is 0. The highest BCUT2D eigenvalue weighted by Gasteiger charge is 1.96. The minimum Gasteiger partial charge on any atom is -0.392 e. The third kappa shape index (κ3) is 2.40. The Kier molecular flexibility index (Phi) is 3.38. The molecule has 1 rings (SSSR count). The molecule has 0 aliphatic heterocycles. The van der Waals surface area contributed by atoms with Gasteiger partial charge in [0.15, 0.2) is 0 Å². The number of rotatable bonds is 3. The minimum absolute atomic E-state index is 0.0267. The molecule has 2 N–H and O–H groups in total. The predicted octanol–water partition coefficient (Wildman–Crippen LogP) is 2.26. The molecule has 12 heavy (non-hydrogen) atoms. The molecule has 0 aliphatic carbocycles. The zero-order chi connectivity index (χ0) is 8.97. The van der Waals surface area contributed by atoms with Crippen LogP contribution in [0.3, 0.4) is 0 Å². The molecule has 1 aromatic carbocycles. The number of hydrogen-bond acceptors (Lipinski definition) is 2. The summed E-state index contributed by atoms with van der Waals surface area (Å²) in [6.07, 6.45) is 0. The van der Waals surface area contributed by atoms with Gasteiger partial charge < -0.3 is 10.4 Å². The van der Waals surface area contributed by atoms with Gasteiger partial charge in [0, 0.05) is 17.3 Å². The minimum atomic E-state index is 0.0267. The molecule has 0 aliphatic rings. The van der Waals surface area contributed by atoms with Crippen molar-refractivity contribution in [2.45, 2.75) is 13.5 Å². The fraction of sp³-hybridized carbons (Fsp3) is 0.333. The zero-order valence-electron chi connectivity index (χ0n) is 6.97. The molecule has 0 heterocycles. The first-order valence-electron chi connectivity index (χ1n) is 3.90. The molecule has 1 aromatic rings. The first-order chi connectivity index (χ1) is 5.76. The zero-order valence-corrected chi connectivity index (χ0v) is 7.73. The summed E-state index contributed by atoms with van der Waals surface area (Å²) >= 11 is 5.81. The van der Waals surface area contributed by atoms with E-state index in [4.69, 9.17) is 16.7 Å². The average Bonchev–Trinajstić information content (AvgIpc) is 2.04. The van der Waals surface area contributed by atoms with Gasteiger partial charge >= 0.3 is 0 Å². The van der Waals surface area contributed by atoms with Crippen LogP contribution >= 0.6 is 11.6 Å². The third-order valence-corrected chi connectivity index (χ3v) is 1.74. The highest BCUT2D eigenvalue weighted by atomic mass is 35.5. The van der Waals surface area contributed by atoms with E-state index in [9.17, 15) is 0 Å². The molecule has 0 amide bonds. The van der Waals surface area contributed by atoms with E-state index in [0.29, 0.717) is 5.02 Å². The van der Waals surface area contributed by atoms with Crippen molar-refractivity contribution in [3.05, 3.63) is 28.8 Å². The fourth-order valence-electron chi connectivity index (χ4n) is 1.05. The van der Waals surface area contributed by atoms with Crippen molar-refractivity contribution in [3.8, 4) is 0 Å². The monoisotopic (exact) mass is 185 g/mol. The topological polar surface area (TPSA) is 32.3 Å². The summed E-state index contributed by atoms with van der Waals surface area (Å²) in [5.41, 5.74) is 1.78. The first-order valence-corrected chi connectivity index (χ1v) is 4.28. The SMILES string of the molecule is CCNc1cc(Cl)cc(CO)c1. The van der Waals surface area contributed by atoms with Crippen LogP contribution in [-0.4, -0.2) is 11.7 Å². The lowest BCUT2D eigenvalue weighted by molar-refractivity contribution is 0.282. The van der Waals surface area contributed by atoms with Crippen LogP contribution in [0.2, 0.25) is 5.02 Å². The van der Waals surface area contributed by atoms with Gasteiger partial charge in [0.05, 0.1) is 6.61 Å². The molecule has 66 valence electrons. The quantitative estimate of drug-likeness (QED) is 0.757. The largest absolute Gasteiger partial charge is 0.392 e. The van der Waals surface area contributed by atoms with Crippen molar-refractivity contribution in [3.63, 3.8) is 0 Å². The van der Waals surface area contributed by atoms with Gasteiger partial charge in [0.1, 0.15) is 0 Å². The first kappa shape index (κ1) is 9.36. The second-order valence-electron chi connectivity index (χ2n) is 2.54. The Labute approximate surface area is 77.2 Å². The van der Waals surface area contributed by atoms with Crippen LogP contribution < -0.4 is 5.32 Å². The third-order valence-electron chi connectivity index (χ3n) is 1.52. The summed E-state index contributed by atoms with van der Waals surface area (Å²) in [6, 6.07) is 5.47. The summed E-state index contributed by atoms with van der Waals surface area (Å²) in [5, 5.41) is 12.6. The van der Waals surface area contributed by atoms with E-state index < -0.39 is 0 Å². The van der Waals surface area contributed by atoms with E-state index in [-0.39, 0.29) is 6.61 Å². The van der Waals surface area contributed by atoms with E-state index in [1.807, 2.05) is 19.1 Å². The number of halogens is 1. The Morgan fingerprint density at radius 1 is 1.42 bits per heavy atom. The Morgan fingerprint density at radius 2 is 2.17 bits per heavy atom. The molecule has 0 bridgehead atoms. The Morgan fingerprint density at radius 3 is 2.75 bits per heavy atom. The molecule has 0 saturated carbocycles. The number of hydrogen-bond donors (Lipinski definition) is 2. The number of benzene rings is 1. The smallest absolute Gasteiger partial charge is 0.0683 e. The molecule has 0 fully saturated rings. The van der Waals surface area contributed by atoms with Gasteiger partial charge in [-0.15, -0.1) is 0 Å². The van der Waals surface area contributed by atoms with Gasteiger partial charge in [-0.1, -0.05) is 11.6 Å². The van der Waals surface area contributed by atoms with Crippen LogP contribution in [0.25, 0.3) is 0 Å². The van der Waals surface area contributed by atoms with Crippen LogP contribution in [0.4, 0.5) is 5.69 Å².